The fraction of sp³-hybridized carbons (Fsp3) is 0.217. The zero-order chi connectivity index (χ0) is 48.2. The highest BCUT2D eigenvalue weighted by molar-refractivity contribution is 6.33. The second-order valence-electron chi connectivity index (χ2n) is 14.5. The molecule has 0 fully saturated rings. The van der Waals surface area contributed by atoms with Gasteiger partial charge in [-0.3, -0.25) is 28.8 Å². The van der Waals surface area contributed by atoms with Gasteiger partial charge in [0.15, 0.2) is 17.1 Å². The van der Waals surface area contributed by atoms with Gasteiger partial charge in [-0.05, 0) is 119 Å². The maximum atomic E-state index is 13.5. The Morgan fingerprint density at radius 1 is 0.530 bits per heavy atom. The molecule has 0 bridgehead atoms. The Kier molecular flexibility index (Phi) is 17.9. The van der Waals surface area contributed by atoms with Crippen molar-refractivity contribution in [1.82, 2.24) is 0 Å². The first kappa shape index (κ1) is 50.8. The summed E-state index contributed by atoms with van der Waals surface area (Å²) < 4.78 is 5.70. The quantitative estimate of drug-likeness (QED) is 0.0379. The maximum absolute atomic E-state index is 13.5. The van der Waals surface area contributed by atoms with Crippen molar-refractivity contribution in [1.29, 1.82) is 0 Å². The van der Waals surface area contributed by atoms with Crippen LogP contribution in [0.2, 0.25) is 10.0 Å². The number of ether oxygens (including phenoxy) is 1. The molecule has 0 saturated heterocycles. The number of halogens is 5. The first-order valence-corrected chi connectivity index (χ1v) is 21.9. The Labute approximate surface area is 404 Å². The minimum absolute atomic E-state index is 0.00865. The molecular weight excluding hydrogens is 954 g/mol. The number of carbonyl (C=O) groups excluding carboxylic acids is 6. The summed E-state index contributed by atoms with van der Waals surface area (Å²) >= 11 is 31.2. The van der Waals surface area contributed by atoms with Gasteiger partial charge in [-0.25, -0.2) is 0 Å². The van der Waals surface area contributed by atoms with Gasteiger partial charge >= 0.3 is 0 Å². The summed E-state index contributed by atoms with van der Waals surface area (Å²) in [6.07, 6.45) is 0. The largest absolute Gasteiger partial charge is 0.473 e. The lowest BCUT2D eigenvalue weighted by Crippen LogP contribution is -2.32. The number of rotatable bonds is 18. The average Bonchev–Trinajstić information content (AvgIpc) is 3.25. The van der Waals surface area contributed by atoms with Gasteiger partial charge in [-0.15, -0.1) is 23.2 Å². The molecule has 0 saturated carbocycles. The van der Waals surface area contributed by atoms with Crippen LogP contribution in [0.25, 0.3) is 0 Å². The molecular formula is C46H41Cl5N8O7. The van der Waals surface area contributed by atoms with E-state index in [0.29, 0.717) is 11.4 Å². The maximum Gasteiger partial charge on any atom is 0.258 e. The number of carbonyl (C=O) groups is 6. The van der Waals surface area contributed by atoms with Crippen LogP contribution >= 0.6 is 58.0 Å². The van der Waals surface area contributed by atoms with Crippen LogP contribution in [0.4, 0.5) is 34.1 Å². The van der Waals surface area contributed by atoms with E-state index in [1.165, 1.54) is 61.5 Å². The van der Waals surface area contributed by atoms with Crippen molar-refractivity contribution >= 4 is 127 Å². The van der Waals surface area contributed by atoms with Crippen LogP contribution in [-0.4, -0.2) is 52.8 Å². The highest BCUT2D eigenvalue weighted by atomic mass is 35.5. The fourth-order valence-electron chi connectivity index (χ4n) is 5.86. The molecule has 0 aromatic heterocycles. The lowest BCUT2D eigenvalue weighted by molar-refractivity contribution is -0.127. The van der Waals surface area contributed by atoms with Gasteiger partial charge in [0.05, 0.1) is 26.5 Å². The van der Waals surface area contributed by atoms with Crippen molar-refractivity contribution < 1.29 is 33.5 Å². The van der Waals surface area contributed by atoms with E-state index in [2.05, 4.69) is 41.7 Å². The third kappa shape index (κ3) is 14.1. The molecule has 4 N–H and O–H groups in total. The van der Waals surface area contributed by atoms with Gasteiger partial charge in [-0.2, -0.15) is 20.5 Å². The lowest BCUT2D eigenvalue weighted by atomic mass is 10.1. The monoisotopic (exact) mass is 992 g/mol. The van der Waals surface area contributed by atoms with E-state index in [0.717, 1.165) is 25.0 Å². The van der Waals surface area contributed by atoms with Crippen molar-refractivity contribution in [3.63, 3.8) is 0 Å². The Hall–Kier alpha value is -6.23. The zero-order valence-electron chi connectivity index (χ0n) is 35.7. The molecule has 20 heteroatoms. The Morgan fingerprint density at radius 3 is 1.39 bits per heavy atom. The van der Waals surface area contributed by atoms with Gasteiger partial charge in [0.2, 0.25) is 12.1 Å². The number of alkyl halides is 3. The summed E-state index contributed by atoms with van der Waals surface area (Å²) in [5.74, 6) is -4.17. The Balaban J connectivity index is 1.29. The summed E-state index contributed by atoms with van der Waals surface area (Å²) in [6, 6.07) is 23.3. The van der Waals surface area contributed by atoms with Crippen LogP contribution in [0.3, 0.4) is 0 Å². The van der Waals surface area contributed by atoms with Crippen molar-refractivity contribution in [3.05, 3.63) is 135 Å². The number of nitrogens with zero attached hydrogens (tertiary/aromatic N) is 4. The standard InChI is InChI=1S/C46H41Cl5N8O7/c1-23(47)28-8-6-10-32(18-28)52-43(62)30-12-15-35(50)38(20-30)56-58-41(25(3)60)45(64)54-34-14-17-37(40(22-34)66-27(5)49)55-46(65)42(26(4)61)59-57-39-21-31(13-16-36(39)51)44(63)53-33-11-7-9-29(19-33)24(2)48/h6-24,27,41-42H,1-5H3,(H,52,62)(H,53,63)(H,54,64)(H,55,65). The molecule has 66 heavy (non-hydrogen) atoms. The van der Waals surface area contributed by atoms with Crippen LogP contribution < -0.4 is 26.0 Å². The normalized spacial score (nSPS) is 13.5. The summed E-state index contributed by atoms with van der Waals surface area (Å²) in [6.45, 7) is 7.38. The molecule has 5 aromatic carbocycles. The molecule has 5 unspecified atom stereocenters. The van der Waals surface area contributed by atoms with E-state index in [1.54, 1.807) is 50.2 Å². The number of nitrogens with one attached hydrogen (secondary N) is 4. The number of Topliss-reactive ketones (excluding diaryl/α,β-unsaturated/α-hetero) is 2. The van der Waals surface area contributed by atoms with Gasteiger partial charge < -0.3 is 26.0 Å². The second kappa shape index (κ2) is 23.3. The van der Waals surface area contributed by atoms with Crippen LogP contribution in [0.1, 0.15) is 77.2 Å². The molecule has 0 heterocycles. The number of amides is 4. The van der Waals surface area contributed by atoms with E-state index in [9.17, 15) is 28.8 Å². The zero-order valence-corrected chi connectivity index (χ0v) is 39.5. The van der Waals surface area contributed by atoms with Crippen molar-refractivity contribution in [2.45, 2.75) is 63.0 Å². The topological polar surface area (TPSA) is 209 Å². The molecule has 0 aliphatic carbocycles. The number of benzene rings is 5. The van der Waals surface area contributed by atoms with Crippen molar-refractivity contribution in [3.8, 4) is 5.75 Å². The smallest absolute Gasteiger partial charge is 0.258 e. The SMILES string of the molecule is CC(=O)C(N=Nc1cc(C(=O)Nc2cccc(C(C)Cl)c2)ccc1Cl)C(=O)Nc1ccc(NC(=O)C(N=Nc2cc(C(=O)Nc3cccc(C(C)Cl)c3)ccc2Cl)C(C)=O)c(OC(C)Cl)c1. The van der Waals surface area contributed by atoms with E-state index < -0.39 is 52.8 Å². The summed E-state index contributed by atoms with van der Waals surface area (Å²) in [4.78, 5) is 78.5. The third-order valence-corrected chi connectivity index (χ3v) is 10.5. The second-order valence-corrected chi connectivity index (χ2v) is 17.3. The van der Waals surface area contributed by atoms with Gasteiger partial charge in [0, 0.05) is 34.3 Å². The molecule has 15 nitrogen and oxygen atoms in total. The van der Waals surface area contributed by atoms with E-state index in [4.69, 9.17) is 62.7 Å². The van der Waals surface area contributed by atoms with E-state index in [-0.39, 0.29) is 60.4 Å². The van der Waals surface area contributed by atoms with Crippen molar-refractivity contribution in [2.75, 3.05) is 21.3 Å². The molecule has 342 valence electrons. The van der Waals surface area contributed by atoms with E-state index >= 15 is 0 Å². The number of ketones is 2. The Bertz CT molecular complexity index is 2730. The number of hydrogen-bond acceptors (Lipinski definition) is 11. The predicted octanol–water partition coefficient (Wildman–Crippen LogP) is 12.4. The molecule has 5 aromatic rings. The number of anilines is 4. The van der Waals surface area contributed by atoms with Crippen LogP contribution in [0.5, 0.6) is 5.75 Å². The van der Waals surface area contributed by atoms with Crippen LogP contribution in [-0.2, 0) is 19.2 Å². The summed E-state index contributed by atoms with van der Waals surface area (Å²) in [7, 11) is 0. The Morgan fingerprint density at radius 2 is 0.970 bits per heavy atom. The number of azo groups is 2. The highest BCUT2D eigenvalue weighted by Gasteiger charge is 2.27. The molecule has 5 rings (SSSR count). The minimum Gasteiger partial charge on any atom is -0.473 e. The fourth-order valence-corrected chi connectivity index (χ4v) is 6.54. The molecule has 0 aliphatic rings. The molecule has 0 spiro atoms. The van der Waals surface area contributed by atoms with Gasteiger partial charge in [0.25, 0.3) is 23.6 Å². The summed E-state index contributed by atoms with van der Waals surface area (Å²) in [5, 5.41) is 26.3. The van der Waals surface area contributed by atoms with Crippen LogP contribution in [0.15, 0.2) is 124 Å². The minimum atomic E-state index is -1.68. The van der Waals surface area contributed by atoms with Gasteiger partial charge in [-0.1, -0.05) is 59.1 Å². The average molecular weight is 995 g/mol. The lowest BCUT2D eigenvalue weighted by Gasteiger charge is -2.17. The van der Waals surface area contributed by atoms with Crippen molar-refractivity contribution in [2.24, 2.45) is 20.5 Å². The molecule has 4 amide bonds. The highest BCUT2D eigenvalue weighted by Crippen LogP contribution is 2.33. The third-order valence-electron chi connectivity index (χ3n) is 9.25. The summed E-state index contributed by atoms with van der Waals surface area (Å²) in [5.41, 5.74) is 2.17. The molecule has 0 radical (unpaired) electrons. The predicted molar refractivity (Wildman–Crippen MR) is 258 cm³/mol. The molecule has 0 aliphatic heterocycles. The first-order chi connectivity index (χ1) is 31.3. The van der Waals surface area contributed by atoms with Gasteiger partial charge in [0.1, 0.15) is 17.1 Å². The number of hydrogen-bond donors (Lipinski definition) is 4. The van der Waals surface area contributed by atoms with Crippen LogP contribution in [0, 0.1) is 0 Å². The van der Waals surface area contributed by atoms with E-state index in [1.807, 2.05) is 12.1 Å². The first-order valence-electron chi connectivity index (χ1n) is 19.9. The molecule has 5 atom stereocenters.